The number of aromatic nitrogens is 2. The van der Waals surface area contributed by atoms with Gasteiger partial charge in [-0.1, -0.05) is 5.16 Å². The zero-order valence-electron chi connectivity index (χ0n) is 9.22. The summed E-state index contributed by atoms with van der Waals surface area (Å²) in [5.74, 6) is 1.04. The van der Waals surface area contributed by atoms with Crippen LogP contribution in [0.15, 0.2) is 21.1 Å². The van der Waals surface area contributed by atoms with Crippen molar-refractivity contribution in [3.63, 3.8) is 0 Å². The molecule has 1 unspecified atom stereocenters. The highest BCUT2D eigenvalue weighted by Gasteiger charge is 2.17. The fourth-order valence-corrected chi connectivity index (χ4v) is 1.38. The summed E-state index contributed by atoms with van der Waals surface area (Å²) in [4.78, 5) is 4.11. The van der Waals surface area contributed by atoms with Gasteiger partial charge < -0.3 is 19.4 Å². The summed E-state index contributed by atoms with van der Waals surface area (Å²) in [7, 11) is 0. The molecule has 17 heavy (non-hydrogen) atoms. The SMILES string of the molecule is CCOCC(N)c1noc(-c2ccc(Cl)o2)n1. The van der Waals surface area contributed by atoms with Crippen LogP contribution in [0.1, 0.15) is 18.8 Å². The molecule has 6 nitrogen and oxygen atoms in total. The lowest BCUT2D eigenvalue weighted by Crippen LogP contribution is -2.18. The molecular weight excluding hydrogens is 246 g/mol. The minimum absolute atomic E-state index is 0.249. The van der Waals surface area contributed by atoms with E-state index in [0.29, 0.717) is 24.8 Å². The van der Waals surface area contributed by atoms with E-state index in [-0.39, 0.29) is 11.1 Å². The van der Waals surface area contributed by atoms with Gasteiger partial charge in [0.2, 0.25) is 0 Å². The maximum Gasteiger partial charge on any atom is 0.293 e. The summed E-state index contributed by atoms with van der Waals surface area (Å²) < 4.78 is 15.3. The number of rotatable bonds is 5. The summed E-state index contributed by atoms with van der Waals surface area (Å²) in [5, 5.41) is 4.02. The van der Waals surface area contributed by atoms with Crippen LogP contribution in [0, 0.1) is 0 Å². The van der Waals surface area contributed by atoms with Gasteiger partial charge in [0, 0.05) is 6.61 Å². The number of ether oxygens (including phenoxy) is 1. The van der Waals surface area contributed by atoms with Gasteiger partial charge in [-0.05, 0) is 30.7 Å². The fourth-order valence-electron chi connectivity index (χ4n) is 1.23. The van der Waals surface area contributed by atoms with Crippen LogP contribution < -0.4 is 5.73 Å². The monoisotopic (exact) mass is 257 g/mol. The topological polar surface area (TPSA) is 87.3 Å². The molecule has 0 aliphatic heterocycles. The lowest BCUT2D eigenvalue weighted by Gasteiger charge is -2.05. The summed E-state index contributed by atoms with van der Waals surface area (Å²) in [5.41, 5.74) is 5.81. The largest absolute Gasteiger partial charge is 0.440 e. The molecule has 2 aromatic heterocycles. The third kappa shape index (κ3) is 2.85. The molecule has 0 fully saturated rings. The maximum absolute atomic E-state index is 5.81. The van der Waals surface area contributed by atoms with E-state index in [2.05, 4.69) is 10.1 Å². The lowest BCUT2D eigenvalue weighted by molar-refractivity contribution is 0.130. The maximum atomic E-state index is 5.81. The van der Waals surface area contributed by atoms with Gasteiger partial charge in [-0.25, -0.2) is 0 Å². The van der Waals surface area contributed by atoms with E-state index < -0.39 is 6.04 Å². The van der Waals surface area contributed by atoms with E-state index in [1.165, 1.54) is 0 Å². The molecule has 1 atom stereocenters. The molecule has 0 saturated carbocycles. The molecule has 0 saturated heterocycles. The van der Waals surface area contributed by atoms with Gasteiger partial charge >= 0.3 is 0 Å². The highest BCUT2D eigenvalue weighted by molar-refractivity contribution is 6.28. The molecular formula is C10H12ClN3O3. The van der Waals surface area contributed by atoms with Gasteiger partial charge in [0.05, 0.1) is 12.6 Å². The molecule has 0 aromatic carbocycles. The number of hydrogen-bond donors (Lipinski definition) is 1. The second-order valence-corrected chi connectivity index (χ2v) is 3.70. The first-order chi connectivity index (χ1) is 8.20. The first-order valence-corrected chi connectivity index (χ1v) is 5.51. The van der Waals surface area contributed by atoms with Crippen LogP contribution in [0.3, 0.4) is 0 Å². The predicted octanol–water partition coefficient (Wildman–Crippen LogP) is 2.02. The summed E-state index contributed by atoms with van der Waals surface area (Å²) >= 11 is 5.65. The minimum Gasteiger partial charge on any atom is -0.440 e. The third-order valence-corrected chi connectivity index (χ3v) is 2.26. The molecule has 2 rings (SSSR count). The van der Waals surface area contributed by atoms with Gasteiger partial charge in [0.15, 0.2) is 16.8 Å². The number of furan rings is 1. The average Bonchev–Trinajstić information content (AvgIpc) is 2.93. The zero-order chi connectivity index (χ0) is 12.3. The zero-order valence-corrected chi connectivity index (χ0v) is 9.98. The minimum atomic E-state index is -0.419. The van der Waals surface area contributed by atoms with Crippen LogP contribution >= 0.6 is 11.6 Å². The van der Waals surface area contributed by atoms with Crippen molar-refractivity contribution in [2.75, 3.05) is 13.2 Å². The van der Waals surface area contributed by atoms with Crippen molar-refractivity contribution < 1.29 is 13.7 Å². The van der Waals surface area contributed by atoms with Gasteiger partial charge in [0.25, 0.3) is 5.89 Å². The van der Waals surface area contributed by atoms with Crippen molar-refractivity contribution in [1.29, 1.82) is 0 Å². The van der Waals surface area contributed by atoms with Crippen molar-refractivity contribution in [1.82, 2.24) is 10.1 Å². The Balaban J connectivity index is 2.10. The van der Waals surface area contributed by atoms with E-state index in [4.69, 9.17) is 31.0 Å². The third-order valence-electron chi connectivity index (χ3n) is 2.06. The van der Waals surface area contributed by atoms with Crippen molar-refractivity contribution in [3.05, 3.63) is 23.2 Å². The van der Waals surface area contributed by atoms with Crippen molar-refractivity contribution >= 4 is 11.6 Å². The van der Waals surface area contributed by atoms with Crippen LogP contribution in [0.4, 0.5) is 0 Å². The second-order valence-electron chi connectivity index (χ2n) is 3.33. The molecule has 0 spiro atoms. The summed E-state index contributed by atoms with van der Waals surface area (Å²) in [6, 6.07) is 2.83. The van der Waals surface area contributed by atoms with E-state index >= 15 is 0 Å². The molecule has 92 valence electrons. The molecule has 0 amide bonds. The Hall–Kier alpha value is -1.37. The second kappa shape index (κ2) is 5.31. The first kappa shape index (κ1) is 12.1. The van der Waals surface area contributed by atoms with Gasteiger partial charge in [-0.2, -0.15) is 4.98 Å². The van der Waals surface area contributed by atoms with Crippen LogP contribution in [-0.2, 0) is 4.74 Å². The molecule has 0 aliphatic carbocycles. The van der Waals surface area contributed by atoms with Crippen LogP contribution in [-0.4, -0.2) is 23.4 Å². The van der Waals surface area contributed by atoms with E-state index in [9.17, 15) is 0 Å². The van der Waals surface area contributed by atoms with Gasteiger partial charge in [-0.3, -0.25) is 0 Å². The quantitative estimate of drug-likeness (QED) is 0.882. The van der Waals surface area contributed by atoms with Crippen molar-refractivity contribution in [3.8, 4) is 11.7 Å². The molecule has 0 radical (unpaired) electrons. The van der Waals surface area contributed by atoms with E-state index in [1.54, 1.807) is 12.1 Å². The predicted molar refractivity (Wildman–Crippen MR) is 60.4 cm³/mol. The Morgan fingerprint density at radius 3 is 3.00 bits per heavy atom. The normalized spacial score (nSPS) is 12.9. The fraction of sp³-hybridized carbons (Fsp3) is 0.400. The summed E-state index contributed by atoms with van der Waals surface area (Å²) in [6.45, 7) is 2.82. The number of nitrogens with two attached hydrogens (primary N) is 1. The number of halogens is 1. The Morgan fingerprint density at radius 1 is 1.53 bits per heavy atom. The molecule has 0 aliphatic rings. The van der Waals surface area contributed by atoms with Crippen molar-refractivity contribution in [2.45, 2.75) is 13.0 Å². The Morgan fingerprint density at radius 2 is 2.35 bits per heavy atom. The lowest BCUT2D eigenvalue weighted by atomic mass is 10.3. The smallest absolute Gasteiger partial charge is 0.293 e. The first-order valence-electron chi connectivity index (χ1n) is 5.13. The molecule has 7 heteroatoms. The number of nitrogens with zero attached hydrogens (tertiary/aromatic N) is 2. The van der Waals surface area contributed by atoms with Crippen LogP contribution in [0.5, 0.6) is 0 Å². The molecule has 2 heterocycles. The van der Waals surface area contributed by atoms with Crippen molar-refractivity contribution in [2.24, 2.45) is 5.73 Å². The highest BCUT2D eigenvalue weighted by Crippen LogP contribution is 2.23. The van der Waals surface area contributed by atoms with Crippen LogP contribution in [0.25, 0.3) is 11.7 Å². The standard InChI is InChI=1S/C10H12ClN3O3/c1-2-15-5-6(12)9-13-10(17-14-9)7-3-4-8(11)16-7/h3-4,6H,2,5,12H2,1H3. The van der Waals surface area contributed by atoms with Gasteiger partial charge in [-0.15, -0.1) is 0 Å². The molecule has 2 aromatic rings. The van der Waals surface area contributed by atoms with Gasteiger partial charge in [0.1, 0.15) is 0 Å². The van der Waals surface area contributed by atoms with E-state index in [1.807, 2.05) is 6.92 Å². The Labute approximate surface area is 103 Å². The molecule has 2 N–H and O–H groups in total. The van der Waals surface area contributed by atoms with Crippen LogP contribution in [0.2, 0.25) is 5.22 Å². The Kier molecular flexibility index (Phi) is 3.78. The summed E-state index contributed by atoms with van der Waals surface area (Å²) in [6.07, 6.45) is 0. The number of hydrogen-bond acceptors (Lipinski definition) is 6. The Bertz CT molecular complexity index is 483. The highest BCUT2D eigenvalue weighted by atomic mass is 35.5. The van der Waals surface area contributed by atoms with E-state index in [0.717, 1.165) is 0 Å². The molecule has 0 bridgehead atoms. The average molecular weight is 258 g/mol.